The summed E-state index contributed by atoms with van der Waals surface area (Å²) in [5.41, 5.74) is -10.2. The van der Waals surface area contributed by atoms with Crippen LogP contribution in [-0.2, 0) is 62.8 Å². The molecule has 30 heteroatoms. The number of carbonyl (C=O) groups is 1. The summed E-state index contributed by atoms with van der Waals surface area (Å²) in [6.45, 7) is 3.06. The number of nitrogens with zero attached hydrogens (tertiary/aromatic N) is 6. The number of alkyl halides is 6. The average molecular weight is 1150 g/mol. The Bertz CT molecular complexity index is 2560. The molecule has 0 spiro atoms. The van der Waals surface area contributed by atoms with Crippen molar-refractivity contribution < 1.29 is 112 Å². The van der Waals surface area contributed by atoms with Crippen LogP contribution in [0.3, 0.4) is 0 Å². The van der Waals surface area contributed by atoms with Gasteiger partial charge < -0.3 is 51.8 Å². The fourth-order valence-electron chi connectivity index (χ4n) is 5.76. The molecule has 413 valence electrons. The minimum Gasteiger partial charge on any atom is -0.741 e. The van der Waals surface area contributed by atoms with Gasteiger partial charge in [-0.15, -0.1) is 0 Å². The Balaban J connectivity index is 0.000000547. The third kappa shape index (κ3) is 18.2. The largest absolute Gasteiger partial charge is 2.00 e. The molecule has 0 aliphatic carbocycles. The number of ketones is 1. The number of ether oxygens (including phenoxy) is 8. The predicted molar refractivity (Wildman–Crippen MR) is 246 cm³/mol. The molecule has 0 bridgehead atoms. The molecule has 1 radical (unpaired) electrons. The van der Waals surface area contributed by atoms with E-state index >= 15 is 0 Å². The zero-order chi connectivity index (χ0) is 56.1. The summed E-state index contributed by atoms with van der Waals surface area (Å²) < 4.78 is 162. The van der Waals surface area contributed by atoms with Crippen molar-refractivity contribution in [3.63, 3.8) is 0 Å². The number of aromatic nitrogens is 6. The molecule has 0 unspecified atom stereocenters. The number of hydrogen-bond donors (Lipinski definition) is 0. The van der Waals surface area contributed by atoms with Crippen LogP contribution >= 0.6 is 0 Å². The predicted octanol–water partition coefficient (Wildman–Crippen LogP) is 6.37. The molecule has 0 aliphatic rings. The van der Waals surface area contributed by atoms with E-state index in [-0.39, 0.29) is 22.9 Å². The van der Waals surface area contributed by atoms with E-state index in [0.717, 1.165) is 0 Å². The maximum Gasteiger partial charge on any atom is 2.00 e. The van der Waals surface area contributed by atoms with Gasteiger partial charge in [-0.2, -0.15) is 26.3 Å². The standard InChI is InChI=1S/2C20H21N3O4.C3H6O.2CHF3O3S.Cu/c2*1-24-17-11-5-8-14(21-17)20(27-4,15-9-6-12-18(22-15)25-2)16-10-7-13-19(23-16)26-3;1-3(2)4;2*2-1(3,4)8(5,6)7;/h2*5-13H,1-4H3;1-2H3;2*(H,5,6,7);/q;;;;;+2/p-2. The first kappa shape index (κ1) is 66.2. The Morgan fingerprint density at radius 1 is 0.387 bits per heavy atom. The summed E-state index contributed by atoms with van der Waals surface area (Å²) in [4.78, 5) is 37.0. The number of carbonyl (C=O) groups excluding carboxylic acids is 1. The van der Waals surface area contributed by atoms with E-state index in [2.05, 4.69) is 29.9 Å². The fourth-order valence-corrected chi connectivity index (χ4v) is 5.76. The van der Waals surface area contributed by atoms with Gasteiger partial charge in [-0.1, -0.05) is 36.4 Å². The van der Waals surface area contributed by atoms with Crippen LogP contribution in [0, 0.1) is 0 Å². The van der Waals surface area contributed by atoms with E-state index in [0.29, 0.717) is 69.4 Å². The van der Waals surface area contributed by atoms with Crippen molar-refractivity contribution in [2.45, 2.75) is 36.1 Å². The molecule has 0 amide bonds. The summed E-state index contributed by atoms with van der Waals surface area (Å²) in [6, 6.07) is 32.7. The quantitative estimate of drug-likeness (QED) is 0.0496. The topological polar surface area (TPSA) is 283 Å². The Kier molecular flexibility index (Phi) is 25.9. The molecule has 0 N–H and O–H groups in total. The first-order chi connectivity index (χ1) is 34.6. The molecule has 21 nitrogen and oxygen atoms in total. The van der Waals surface area contributed by atoms with Crippen LogP contribution in [0.1, 0.15) is 48.0 Å². The second-order valence-electron chi connectivity index (χ2n) is 13.9. The van der Waals surface area contributed by atoms with Crippen LogP contribution in [0.4, 0.5) is 26.3 Å². The van der Waals surface area contributed by atoms with E-state index in [1.54, 1.807) is 93.3 Å². The smallest absolute Gasteiger partial charge is 0.741 e. The van der Waals surface area contributed by atoms with Crippen molar-refractivity contribution >= 4 is 26.0 Å². The first-order valence-electron chi connectivity index (χ1n) is 20.3. The maximum absolute atomic E-state index is 10.7. The average Bonchev–Trinajstić information content (AvgIpc) is 3.37. The third-order valence-electron chi connectivity index (χ3n) is 8.94. The molecule has 0 fully saturated rings. The van der Waals surface area contributed by atoms with E-state index in [1.165, 1.54) is 13.8 Å². The summed E-state index contributed by atoms with van der Waals surface area (Å²) >= 11 is 0. The zero-order valence-corrected chi connectivity index (χ0v) is 43.7. The van der Waals surface area contributed by atoms with Gasteiger partial charge in [0.15, 0.2) is 31.4 Å². The van der Waals surface area contributed by atoms with Gasteiger partial charge >= 0.3 is 28.1 Å². The minimum atomic E-state index is -6.09. The summed E-state index contributed by atoms with van der Waals surface area (Å²) in [7, 11) is 0.375. The molecule has 0 saturated carbocycles. The monoisotopic (exact) mass is 1150 g/mol. The summed E-state index contributed by atoms with van der Waals surface area (Å²) in [5.74, 6) is 2.92. The molecule has 0 aliphatic heterocycles. The van der Waals surface area contributed by atoms with Crippen molar-refractivity contribution in [3.8, 4) is 35.3 Å². The molecular weight excluding hydrogens is 1110 g/mol. The van der Waals surface area contributed by atoms with E-state index in [1.807, 2.05) is 72.8 Å². The van der Waals surface area contributed by atoms with Crippen LogP contribution < -0.4 is 28.4 Å². The molecule has 6 aromatic heterocycles. The molecule has 0 atom stereocenters. The number of hydrogen-bond acceptors (Lipinski definition) is 21. The van der Waals surface area contributed by atoms with Gasteiger partial charge in [0.1, 0.15) is 5.78 Å². The third-order valence-corrected chi connectivity index (χ3v) is 10.1. The molecule has 6 heterocycles. The van der Waals surface area contributed by atoms with Gasteiger partial charge in [0.05, 0.1) is 76.8 Å². The van der Waals surface area contributed by atoms with Gasteiger partial charge in [-0.05, 0) is 50.2 Å². The van der Waals surface area contributed by atoms with Crippen LogP contribution in [0.25, 0.3) is 0 Å². The number of Topliss-reactive ketones (excluding diaryl/α,β-unsaturated/α-hetero) is 1. The van der Waals surface area contributed by atoms with Crippen molar-refractivity contribution in [1.82, 2.24) is 29.9 Å². The van der Waals surface area contributed by atoms with Crippen LogP contribution in [0.15, 0.2) is 109 Å². The normalized spacial score (nSPS) is 11.3. The Labute approximate surface area is 437 Å². The molecular formula is C45H48CuF6N6O15S2. The van der Waals surface area contributed by atoms with Gasteiger partial charge in [0.2, 0.25) is 35.3 Å². The number of pyridine rings is 6. The second kappa shape index (κ2) is 29.3. The van der Waals surface area contributed by atoms with Crippen LogP contribution in [0.2, 0.25) is 0 Å². The Hall–Kier alpha value is -6.79. The van der Waals surface area contributed by atoms with Crippen LogP contribution in [-0.4, -0.2) is 130 Å². The number of methoxy groups -OCH3 is 8. The van der Waals surface area contributed by atoms with Gasteiger partial charge in [0, 0.05) is 50.6 Å². The van der Waals surface area contributed by atoms with Crippen molar-refractivity contribution in [3.05, 3.63) is 143 Å². The Morgan fingerprint density at radius 3 is 0.613 bits per heavy atom. The van der Waals surface area contributed by atoms with E-state index in [9.17, 15) is 31.1 Å². The second-order valence-corrected chi connectivity index (χ2v) is 16.6. The summed E-state index contributed by atoms with van der Waals surface area (Å²) in [5, 5.41) is 0. The minimum absolute atomic E-state index is 0. The Morgan fingerprint density at radius 2 is 0.520 bits per heavy atom. The van der Waals surface area contributed by atoms with Gasteiger partial charge in [0.25, 0.3) is 0 Å². The number of rotatable bonds is 14. The van der Waals surface area contributed by atoms with Crippen molar-refractivity contribution in [2.24, 2.45) is 0 Å². The molecule has 0 saturated heterocycles. The fraction of sp³-hybridized carbons (Fsp3) is 0.311. The van der Waals surface area contributed by atoms with Crippen molar-refractivity contribution in [2.75, 3.05) is 56.9 Å². The molecule has 6 rings (SSSR count). The zero-order valence-electron chi connectivity index (χ0n) is 41.1. The maximum atomic E-state index is 10.7. The number of halogens is 6. The van der Waals surface area contributed by atoms with Crippen molar-refractivity contribution in [1.29, 1.82) is 0 Å². The van der Waals surface area contributed by atoms with Gasteiger partial charge in [-0.3, -0.25) is 0 Å². The molecule has 6 aromatic rings. The summed E-state index contributed by atoms with van der Waals surface area (Å²) in [6.07, 6.45) is 0. The van der Waals surface area contributed by atoms with Gasteiger partial charge in [-0.25, -0.2) is 46.7 Å². The van der Waals surface area contributed by atoms with E-state index < -0.39 is 42.5 Å². The van der Waals surface area contributed by atoms with Crippen LogP contribution in [0.5, 0.6) is 35.3 Å². The molecule has 75 heavy (non-hydrogen) atoms. The first-order valence-corrected chi connectivity index (χ1v) is 23.1. The molecule has 0 aromatic carbocycles. The van der Waals surface area contributed by atoms with E-state index in [4.69, 9.17) is 63.8 Å². The SMILES string of the molecule is CC(C)=O.COc1cccc(C(OC)(c2cccc(OC)n2)c2cccc(OC)n2)n1.COc1cccc(C(OC)(c2cccc(OC)n2)c2cccc(OC)n2)n1.O=S(=O)([O-])C(F)(F)F.O=S(=O)([O-])C(F)(F)F.[Cu+2].